The molecular formula is C22H26N2O2. The van der Waals surface area contributed by atoms with Crippen molar-refractivity contribution in [2.75, 3.05) is 62.4 Å². The minimum absolute atomic E-state index is 0.803. The highest BCUT2D eigenvalue weighted by molar-refractivity contribution is 5.81. The van der Waals surface area contributed by atoms with Crippen LogP contribution < -0.4 is 9.80 Å². The molecule has 2 aromatic carbocycles. The minimum atomic E-state index is 0.803. The lowest BCUT2D eigenvalue weighted by Gasteiger charge is -2.30. The molecule has 2 aliphatic rings. The number of anilines is 2. The zero-order valence-electron chi connectivity index (χ0n) is 15.1. The zero-order valence-corrected chi connectivity index (χ0v) is 15.1. The van der Waals surface area contributed by atoms with Gasteiger partial charge in [-0.15, -0.1) is 0 Å². The average molecular weight is 350 g/mol. The summed E-state index contributed by atoms with van der Waals surface area (Å²) in [5.41, 5.74) is 5.09. The number of para-hydroxylation sites is 2. The van der Waals surface area contributed by atoms with Crippen LogP contribution in [0.4, 0.5) is 11.4 Å². The van der Waals surface area contributed by atoms with Gasteiger partial charge in [0.2, 0.25) is 0 Å². The van der Waals surface area contributed by atoms with Gasteiger partial charge in [0.25, 0.3) is 0 Å². The van der Waals surface area contributed by atoms with Gasteiger partial charge in [0, 0.05) is 37.6 Å². The summed E-state index contributed by atoms with van der Waals surface area (Å²) in [6.45, 7) is 7.03. The SMILES string of the molecule is C(=Cc1ccccc1N1CCOCC1)c1ccccc1N1CCOCC1. The molecule has 2 fully saturated rings. The molecule has 2 heterocycles. The monoisotopic (exact) mass is 350 g/mol. The quantitative estimate of drug-likeness (QED) is 0.788. The van der Waals surface area contributed by atoms with Gasteiger partial charge in [0.15, 0.2) is 0 Å². The molecule has 0 aromatic heterocycles. The molecule has 0 N–H and O–H groups in total. The van der Waals surface area contributed by atoms with E-state index in [1.165, 1.54) is 22.5 Å². The highest BCUT2D eigenvalue weighted by atomic mass is 16.5. The van der Waals surface area contributed by atoms with E-state index in [4.69, 9.17) is 9.47 Å². The van der Waals surface area contributed by atoms with Crippen molar-refractivity contribution in [1.82, 2.24) is 0 Å². The van der Waals surface area contributed by atoms with Gasteiger partial charge in [-0.1, -0.05) is 48.6 Å². The molecule has 4 nitrogen and oxygen atoms in total. The largest absolute Gasteiger partial charge is 0.378 e. The Morgan fingerprint density at radius 1 is 0.577 bits per heavy atom. The second-order valence-electron chi connectivity index (χ2n) is 6.65. The van der Waals surface area contributed by atoms with Gasteiger partial charge >= 0.3 is 0 Å². The molecule has 26 heavy (non-hydrogen) atoms. The lowest BCUT2D eigenvalue weighted by molar-refractivity contribution is 0.122. The Morgan fingerprint density at radius 3 is 1.38 bits per heavy atom. The number of ether oxygens (including phenoxy) is 2. The van der Waals surface area contributed by atoms with Gasteiger partial charge in [-0.3, -0.25) is 0 Å². The maximum absolute atomic E-state index is 5.50. The van der Waals surface area contributed by atoms with E-state index in [1.807, 2.05) is 0 Å². The molecule has 2 saturated heterocycles. The first kappa shape index (κ1) is 17.1. The Kier molecular flexibility index (Phi) is 5.53. The van der Waals surface area contributed by atoms with Crippen molar-refractivity contribution in [2.24, 2.45) is 0 Å². The lowest BCUT2D eigenvalue weighted by Crippen LogP contribution is -2.36. The van der Waals surface area contributed by atoms with Gasteiger partial charge in [0.1, 0.15) is 0 Å². The van der Waals surface area contributed by atoms with Crippen LogP contribution in [0.25, 0.3) is 12.2 Å². The summed E-state index contributed by atoms with van der Waals surface area (Å²) in [4.78, 5) is 4.83. The Hall–Kier alpha value is -2.30. The Labute approximate surface area is 155 Å². The van der Waals surface area contributed by atoms with Crippen molar-refractivity contribution in [2.45, 2.75) is 0 Å². The van der Waals surface area contributed by atoms with Gasteiger partial charge in [-0.05, 0) is 23.3 Å². The average Bonchev–Trinajstić information content (AvgIpc) is 2.74. The van der Waals surface area contributed by atoms with E-state index < -0.39 is 0 Å². The molecule has 0 saturated carbocycles. The van der Waals surface area contributed by atoms with Crippen molar-refractivity contribution in [3.63, 3.8) is 0 Å². The first-order valence-electron chi connectivity index (χ1n) is 9.43. The smallest absolute Gasteiger partial charge is 0.0642 e. The Balaban J connectivity index is 1.59. The van der Waals surface area contributed by atoms with Crippen LogP contribution in [0.1, 0.15) is 11.1 Å². The van der Waals surface area contributed by atoms with Crippen molar-refractivity contribution in [1.29, 1.82) is 0 Å². The first-order chi connectivity index (χ1) is 12.9. The van der Waals surface area contributed by atoms with Crippen molar-refractivity contribution >= 4 is 23.5 Å². The Morgan fingerprint density at radius 2 is 0.962 bits per heavy atom. The molecule has 0 bridgehead atoms. The number of hydrogen-bond acceptors (Lipinski definition) is 4. The standard InChI is InChI=1S/C22H26N2O2/c1-3-7-21(23-11-15-25-16-12-23)19(5-1)9-10-20-6-2-4-8-22(20)24-13-17-26-18-14-24/h1-10H,11-18H2. The van der Waals surface area contributed by atoms with Crippen LogP contribution in [0.3, 0.4) is 0 Å². The van der Waals surface area contributed by atoms with Crippen LogP contribution in [0.5, 0.6) is 0 Å². The molecule has 4 rings (SSSR count). The van der Waals surface area contributed by atoms with Crippen molar-refractivity contribution in [3.8, 4) is 0 Å². The van der Waals surface area contributed by atoms with Crippen LogP contribution in [0, 0.1) is 0 Å². The fraction of sp³-hybridized carbons (Fsp3) is 0.364. The van der Waals surface area contributed by atoms with Crippen molar-refractivity contribution < 1.29 is 9.47 Å². The minimum Gasteiger partial charge on any atom is -0.378 e. The predicted octanol–water partition coefficient (Wildman–Crippen LogP) is 3.53. The number of nitrogens with zero attached hydrogens (tertiary/aromatic N) is 2. The molecule has 0 amide bonds. The third-order valence-electron chi connectivity index (χ3n) is 5.02. The second kappa shape index (κ2) is 8.39. The van der Waals surface area contributed by atoms with Crippen LogP contribution in [0.2, 0.25) is 0 Å². The highest BCUT2D eigenvalue weighted by Gasteiger charge is 2.15. The van der Waals surface area contributed by atoms with Crippen molar-refractivity contribution in [3.05, 3.63) is 59.7 Å². The van der Waals surface area contributed by atoms with Gasteiger partial charge in [-0.2, -0.15) is 0 Å². The molecule has 4 heteroatoms. The van der Waals surface area contributed by atoms with E-state index in [0.717, 1.165) is 52.6 Å². The van der Waals surface area contributed by atoms with Gasteiger partial charge < -0.3 is 19.3 Å². The summed E-state index contributed by atoms with van der Waals surface area (Å²) < 4.78 is 11.0. The Bertz CT molecular complexity index is 684. The molecule has 0 spiro atoms. The molecular weight excluding hydrogens is 324 g/mol. The first-order valence-corrected chi connectivity index (χ1v) is 9.43. The number of rotatable bonds is 4. The lowest BCUT2D eigenvalue weighted by atomic mass is 10.1. The molecule has 2 aromatic rings. The summed E-state index contributed by atoms with van der Waals surface area (Å²) >= 11 is 0. The predicted molar refractivity (Wildman–Crippen MR) is 108 cm³/mol. The molecule has 2 aliphatic heterocycles. The normalized spacial score (nSPS) is 18.5. The highest BCUT2D eigenvalue weighted by Crippen LogP contribution is 2.27. The van der Waals surface area contributed by atoms with Crippen LogP contribution in [-0.4, -0.2) is 52.6 Å². The zero-order chi connectivity index (χ0) is 17.6. The molecule has 0 unspecified atom stereocenters. The topological polar surface area (TPSA) is 24.9 Å². The maximum Gasteiger partial charge on any atom is 0.0642 e. The molecule has 0 aliphatic carbocycles. The van der Waals surface area contributed by atoms with Gasteiger partial charge in [-0.25, -0.2) is 0 Å². The summed E-state index contributed by atoms with van der Waals surface area (Å²) in [7, 11) is 0. The second-order valence-corrected chi connectivity index (χ2v) is 6.65. The van der Waals surface area contributed by atoms with E-state index in [-0.39, 0.29) is 0 Å². The molecule has 0 radical (unpaired) electrons. The molecule has 136 valence electrons. The number of morpholine rings is 2. The van der Waals surface area contributed by atoms with E-state index in [9.17, 15) is 0 Å². The number of benzene rings is 2. The van der Waals surface area contributed by atoms with Crippen LogP contribution >= 0.6 is 0 Å². The van der Waals surface area contributed by atoms with E-state index in [2.05, 4.69) is 70.5 Å². The summed E-state index contributed by atoms with van der Waals surface area (Å²) in [6, 6.07) is 17.2. The maximum atomic E-state index is 5.50. The fourth-order valence-electron chi connectivity index (χ4n) is 3.62. The summed E-state index contributed by atoms with van der Waals surface area (Å²) in [6.07, 6.45) is 4.48. The van der Waals surface area contributed by atoms with E-state index >= 15 is 0 Å². The summed E-state index contributed by atoms with van der Waals surface area (Å²) in [5, 5.41) is 0. The van der Waals surface area contributed by atoms with E-state index in [1.54, 1.807) is 0 Å². The fourth-order valence-corrected chi connectivity index (χ4v) is 3.62. The summed E-state index contributed by atoms with van der Waals surface area (Å²) in [5.74, 6) is 0. The van der Waals surface area contributed by atoms with Gasteiger partial charge in [0.05, 0.1) is 26.4 Å². The third kappa shape index (κ3) is 3.92. The van der Waals surface area contributed by atoms with E-state index in [0.29, 0.717) is 0 Å². The number of hydrogen-bond donors (Lipinski definition) is 0. The molecule has 0 atom stereocenters. The van der Waals surface area contributed by atoms with Crippen LogP contribution in [-0.2, 0) is 9.47 Å². The third-order valence-corrected chi connectivity index (χ3v) is 5.02. The van der Waals surface area contributed by atoms with Crippen LogP contribution in [0.15, 0.2) is 48.5 Å².